The van der Waals surface area contributed by atoms with Crippen molar-refractivity contribution in [3.05, 3.63) is 40.4 Å². The normalized spacial score (nSPS) is 23.5. The van der Waals surface area contributed by atoms with Crippen molar-refractivity contribution < 1.29 is 0 Å². The molecule has 1 fully saturated rings. The highest BCUT2D eigenvalue weighted by atomic mass is 16.1. The van der Waals surface area contributed by atoms with Crippen LogP contribution < -0.4 is 10.9 Å². The van der Waals surface area contributed by atoms with Crippen LogP contribution in [0.15, 0.2) is 29.1 Å². The number of nitrogens with one attached hydrogen (secondary N) is 1. The van der Waals surface area contributed by atoms with E-state index in [0.717, 1.165) is 37.3 Å². The minimum absolute atomic E-state index is 0.0490. The van der Waals surface area contributed by atoms with Crippen molar-refractivity contribution in [3.63, 3.8) is 0 Å². The molecule has 3 rings (SSSR count). The molecule has 0 bridgehead atoms. The van der Waals surface area contributed by atoms with Crippen LogP contribution in [0, 0.1) is 0 Å². The van der Waals surface area contributed by atoms with Crippen molar-refractivity contribution in [1.29, 1.82) is 0 Å². The first-order valence-corrected chi connectivity index (χ1v) is 8.97. The molecule has 1 N–H and O–H groups in total. The van der Waals surface area contributed by atoms with Gasteiger partial charge in [0.1, 0.15) is 5.82 Å². The number of fused-ring (bicyclic) bond motifs is 1. The molecule has 24 heavy (non-hydrogen) atoms. The molecular formula is C19H28N4O. The van der Waals surface area contributed by atoms with Crippen molar-refractivity contribution in [1.82, 2.24) is 19.8 Å². The molecule has 130 valence electrons. The van der Waals surface area contributed by atoms with Gasteiger partial charge in [-0.1, -0.05) is 25.5 Å². The van der Waals surface area contributed by atoms with Crippen LogP contribution in [0.5, 0.6) is 0 Å². The van der Waals surface area contributed by atoms with E-state index in [1.165, 1.54) is 0 Å². The maximum Gasteiger partial charge on any atom is 0.261 e. The summed E-state index contributed by atoms with van der Waals surface area (Å²) in [5, 5.41) is 4.28. The van der Waals surface area contributed by atoms with Crippen LogP contribution in [0.1, 0.15) is 45.5 Å². The third-order valence-electron chi connectivity index (χ3n) is 4.90. The average molecular weight is 328 g/mol. The van der Waals surface area contributed by atoms with Crippen LogP contribution in [0.2, 0.25) is 0 Å². The van der Waals surface area contributed by atoms with Gasteiger partial charge in [-0.05, 0) is 32.4 Å². The predicted molar refractivity (Wildman–Crippen MR) is 98.3 cm³/mol. The van der Waals surface area contributed by atoms with E-state index in [4.69, 9.17) is 4.98 Å². The zero-order chi connectivity index (χ0) is 17.3. The molecule has 5 heteroatoms. The van der Waals surface area contributed by atoms with Gasteiger partial charge in [-0.25, -0.2) is 4.98 Å². The summed E-state index contributed by atoms with van der Waals surface area (Å²) in [5.74, 6) is 0.891. The van der Waals surface area contributed by atoms with Gasteiger partial charge in [-0.2, -0.15) is 0 Å². The molecule has 1 aromatic heterocycles. The number of aromatic nitrogens is 2. The molecule has 3 atom stereocenters. The third kappa shape index (κ3) is 3.23. The minimum atomic E-state index is 0.0490. The van der Waals surface area contributed by atoms with Crippen molar-refractivity contribution in [2.45, 2.75) is 51.7 Å². The monoisotopic (exact) mass is 328 g/mol. The van der Waals surface area contributed by atoms with E-state index >= 15 is 0 Å². The summed E-state index contributed by atoms with van der Waals surface area (Å²) in [4.78, 5) is 20.1. The maximum atomic E-state index is 12.8. The Hall–Kier alpha value is -1.72. The molecule has 5 nitrogen and oxygen atoms in total. The number of nitrogens with zero attached hydrogens (tertiary/aromatic N) is 3. The molecule has 2 aromatic rings. The highest BCUT2D eigenvalue weighted by molar-refractivity contribution is 5.77. The highest BCUT2D eigenvalue weighted by Gasteiger charge is 2.30. The fourth-order valence-electron chi connectivity index (χ4n) is 3.91. The lowest BCUT2D eigenvalue weighted by molar-refractivity contribution is 0.109. The van der Waals surface area contributed by atoms with E-state index in [1.54, 1.807) is 4.57 Å². The van der Waals surface area contributed by atoms with Crippen LogP contribution in [0.25, 0.3) is 10.9 Å². The smallest absolute Gasteiger partial charge is 0.261 e. The van der Waals surface area contributed by atoms with E-state index in [0.29, 0.717) is 17.5 Å². The lowest BCUT2D eigenvalue weighted by Crippen LogP contribution is -2.55. The Labute approximate surface area is 143 Å². The maximum absolute atomic E-state index is 12.8. The molecule has 1 aromatic carbocycles. The van der Waals surface area contributed by atoms with Gasteiger partial charge in [0.15, 0.2) is 0 Å². The highest BCUT2D eigenvalue weighted by Crippen LogP contribution is 2.26. The Morgan fingerprint density at radius 1 is 1.25 bits per heavy atom. The van der Waals surface area contributed by atoms with E-state index in [1.807, 2.05) is 31.3 Å². The topological polar surface area (TPSA) is 50.2 Å². The van der Waals surface area contributed by atoms with Crippen LogP contribution in [0.3, 0.4) is 0 Å². The summed E-state index contributed by atoms with van der Waals surface area (Å²) in [6.07, 6.45) is 2.08. The number of hydrogen-bond acceptors (Lipinski definition) is 4. The summed E-state index contributed by atoms with van der Waals surface area (Å²) in [5.41, 5.74) is 0.848. The van der Waals surface area contributed by atoms with Crippen LogP contribution in [-0.4, -0.2) is 39.6 Å². The van der Waals surface area contributed by atoms with Gasteiger partial charge < -0.3 is 5.32 Å². The van der Waals surface area contributed by atoms with E-state index in [2.05, 4.69) is 31.0 Å². The second-order valence-electron chi connectivity index (χ2n) is 7.08. The van der Waals surface area contributed by atoms with Crippen molar-refractivity contribution in [2.75, 3.05) is 13.1 Å². The predicted octanol–water partition coefficient (Wildman–Crippen LogP) is 2.46. The number of para-hydroxylation sites is 1. The first-order chi connectivity index (χ1) is 11.5. The summed E-state index contributed by atoms with van der Waals surface area (Å²) < 4.78 is 1.75. The Balaban J connectivity index is 2.07. The fourth-order valence-corrected chi connectivity index (χ4v) is 3.91. The lowest BCUT2D eigenvalue weighted by Gasteiger charge is -2.41. The van der Waals surface area contributed by atoms with Crippen LogP contribution >= 0.6 is 0 Å². The molecule has 2 heterocycles. The first kappa shape index (κ1) is 17.1. The van der Waals surface area contributed by atoms with Gasteiger partial charge in [-0.15, -0.1) is 0 Å². The number of hydrogen-bond donors (Lipinski definition) is 1. The van der Waals surface area contributed by atoms with Crippen LogP contribution in [-0.2, 0) is 7.05 Å². The largest absolute Gasteiger partial charge is 0.309 e. The first-order valence-electron chi connectivity index (χ1n) is 8.97. The molecular weight excluding hydrogens is 300 g/mol. The number of piperazine rings is 1. The van der Waals surface area contributed by atoms with E-state index < -0.39 is 0 Å². The van der Waals surface area contributed by atoms with E-state index in [9.17, 15) is 4.79 Å². The summed E-state index contributed by atoms with van der Waals surface area (Å²) in [6.45, 7) is 8.60. The SMILES string of the molecule is CCCC(c1nc2ccccc2c(=O)n1C)N1C[C@@H](C)N[C@@H](C)C1. The van der Waals surface area contributed by atoms with Crippen molar-refractivity contribution in [2.24, 2.45) is 7.05 Å². The Kier molecular flexibility index (Phi) is 5.01. The van der Waals surface area contributed by atoms with Crippen molar-refractivity contribution >= 4 is 10.9 Å². The quantitative estimate of drug-likeness (QED) is 0.937. The zero-order valence-corrected chi connectivity index (χ0v) is 15.1. The second kappa shape index (κ2) is 7.03. The van der Waals surface area contributed by atoms with E-state index in [-0.39, 0.29) is 11.6 Å². The Bertz CT molecular complexity index is 760. The van der Waals surface area contributed by atoms with Gasteiger partial charge in [0.2, 0.25) is 0 Å². The number of benzene rings is 1. The van der Waals surface area contributed by atoms with Crippen molar-refractivity contribution in [3.8, 4) is 0 Å². The molecule has 0 radical (unpaired) electrons. The van der Waals surface area contributed by atoms with Crippen LogP contribution in [0.4, 0.5) is 0 Å². The third-order valence-corrected chi connectivity index (χ3v) is 4.90. The molecule has 1 aliphatic rings. The zero-order valence-electron chi connectivity index (χ0n) is 15.1. The molecule has 0 aliphatic carbocycles. The molecule has 0 saturated carbocycles. The van der Waals surface area contributed by atoms with Gasteiger partial charge in [-0.3, -0.25) is 14.3 Å². The molecule has 1 aliphatic heterocycles. The lowest BCUT2D eigenvalue weighted by atomic mass is 10.0. The van der Waals surface area contributed by atoms with Gasteiger partial charge in [0, 0.05) is 32.2 Å². The second-order valence-corrected chi connectivity index (χ2v) is 7.08. The number of rotatable bonds is 4. The summed E-state index contributed by atoms with van der Waals surface area (Å²) >= 11 is 0. The molecule has 1 saturated heterocycles. The minimum Gasteiger partial charge on any atom is -0.309 e. The summed E-state index contributed by atoms with van der Waals surface area (Å²) in [7, 11) is 1.86. The molecule has 0 spiro atoms. The fraction of sp³-hybridized carbons (Fsp3) is 0.579. The van der Waals surface area contributed by atoms with Gasteiger partial charge in [0.25, 0.3) is 5.56 Å². The Morgan fingerprint density at radius 2 is 1.92 bits per heavy atom. The average Bonchev–Trinajstić information content (AvgIpc) is 2.55. The standard InChI is InChI=1S/C19H28N4O/c1-5-8-17(23-11-13(2)20-14(3)12-23)18-21-16-10-7-6-9-15(16)19(24)22(18)4/h6-7,9-10,13-14,17,20H,5,8,11-12H2,1-4H3/t13-,14+,17?. The summed E-state index contributed by atoms with van der Waals surface area (Å²) in [6, 6.07) is 8.72. The molecule has 1 unspecified atom stereocenters. The molecule has 0 amide bonds. The van der Waals surface area contributed by atoms with Gasteiger partial charge >= 0.3 is 0 Å². The Morgan fingerprint density at radius 3 is 2.58 bits per heavy atom. The van der Waals surface area contributed by atoms with Gasteiger partial charge in [0.05, 0.1) is 16.9 Å².